The van der Waals surface area contributed by atoms with Crippen molar-refractivity contribution in [3.63, 3.8) is 0 Å². The van der Waals surface area contributed by atoms with Crippen LogP contribution in [-0.2, 0) is 0 Å². The molecule has 0 aliphatic heterocycles. The largest absolute Gasteiger partial charge is 0.433 e. The monoisotopic (exact) mass is 297 g/mol. The third-order valence-corrected chi connectivity index (χ3v) is 4.47. The Morgan fingerprint density at radius 1 is 1.19 bits per heavy atom. The quantitative estimate of drug-likeness (QED) is 0.810. The molecule has 0 amide bonds. The second-order valence-electron chi connectivity index (χ2n) is 6.45. The van der Waals surface area contributed by atoms with Crippen LogP contribution in [0.3, 0.4) is 0 Å². The average molecular weight is 297 g/mol. The van der Waals surface area contributed by atoms with Crippen LogP contribution in [-0.4, -0.2) is 12.7 Å². The van der Waals surface area contributed by atoms with Crippen LogP contribution in [0.15, 0.2) is 24.3 Å². The number of benzene rings is 1. The standard InChI is InChI=1S/C17H25F2NO/c1-11(2)13-9-8-12(3)10-15(13)20-14-6-4-5-7-16(14)21-17(18)19/h4-7,11-13,15,17,20H,8-10H2,1-3H3. The van der Waals surface area contributed by atoms with E-state index in [0.29, 0.717) is 29.5 Å². The summed E-state index contributed by atoms with van der Waals surface area (Å²) in [5.74, 6) is 2.05. The number of nitrogens with one attached hydrogen (secondary N) is 1. The Bertz CT molecular complexity index is 450. The molecule has 21 heavy (non-hydrogen) atoms. The Balaban J connectivity index is 2.15. The lowest BCUT2D eigenvalue weighted by molar-refractivity contribution is -0.0494. The van der Waals surface area contributed by atoms with Crippen molar-refractivity contribution in [2.45, 2.75) is 52.7 Å². The van der Waals surface area contributed by atoms with Gasteiger partial charge < -0.3 is 10.1 Å². The minimum atomic E-state index is -2.79. The maximum absolute atomic E-state index is 12.5. The van der Waals surface area contributed by atoms with Gasteiger partial charge >= 0.3 is 6.61 Å². The third kappa shape index (κ3) is 4.32. The first kappa shape index (κ1) is 16.1. The van der Waals surface area contributed by atoms with Gasteiger partial charge in [-0.15, -0.1) is 0 Å². The van der Waals surface area contributed by atoms with Crippen molar-refractivity contribution in [1.29, 1.82) is 0 Å². The summed E-state index contributed by atoms with van der Waals surface area (Å²) in [6.45, 7) is 3.93. The number of hydrogen-bond acceptors (Lipinski definition) is 2. The van der Waals surface area contributed by atoms with Crippen molar-refractivity contribution in [2.24, 2.45) is 17.8 Å². The summed E-state index contributed by atoms with van der Waals surface area (Å²) >= 11 is 0. The lowest BCUT2D eigenvalue weighted by atomic mass is 9.74. The van der Waals surface area contributed by atoms with Crippen molar-refractivity contribution in [1.82, 2.24) is 0 Å². The van der Waals surface area contributed by atoms with Crippen LogP contribution in [0.2, 0.25) is 0 Å². The number of anilines is 1. The van der Waals surface area contributed by atoms with Crippen LogP contribution in [0.4, 0.5) is 14.5 Å². The molecule has 2 nitrogen and oxygen atoms in total. The Kier molecular flexibility index (Phi) is 5.43. The molecule has 1 aliphatic carbocycles. The molecule has 0 spiro atoms. The second-order valence-corrected chi connectivity index (χ2v) is 6.45. The van der Waals surface area contributed by atoms with Gasteiger partial charge in [-0.05, 0) is 42.7 Å². The minimum absolute atomic E-state index is 0.230. The highest BCUT2D eigenvalue weighted by Gasteiger charge is 2.31. The molecule has 3 atom stereocenters. The summed E-state index contributed by atoms with van der Waals surface area (Å²) in [5.41, 5.74) is 0.669. The first-order chi connectivity index (χ1) is 9.97. The third-order valence-electron chi connectivity index (χ3n) is 4.47. The van der Waals surface area contributed by atoms with Gasteiger partial charge in [-0.3, -0.25) is 0 Å². The molecular formula is C17H25F2NO. The van der Waals surface area contributed by atoms with E-state index in [1.165, 1.54) is 12.8 Å². The molecule has 0 saturated heterocycles. The molecule has 3 unspecified atom stereocenters. The topological polar surface area (TPSA) is 21.3 Å². The lowest BCUT2D eigenvalue weighted by Gasteiger charge is -2.38. The Hall–Kier alpha value is -1.32. The summed E-state index contributed by atoms with van der Waals surface area (Å²) in [7, 11) is 0. The van der Waals surface area contributed by atoms with Crippen molar-refractivity contribution < 1.29 is 13.5 Å². The molecule has 118 valence electrons. The molecule has 0 aromatic heterocycles. The van der Waals surface area contributed by atoms with Gasteiger partial charge in [-0.2, -0.15) is 8.78 Å². The molecule has 4 heteroatoms. The molecule has 1 aliphatic rings. The average Bonchev–Trinajstić information content (AvgIpc) is 2.40. The van der Waals surface area contributed by atoms with E-state index in [1.807, 2.05) is 12.1 Å². The molecule has 1 saturated carbocycles. The van der Waals surface area contributed by atoms with Gasteiger partial charge in [0.05, 0.1) is 5.69 Å². The van der Waals surface area contributed by atoms with E-state index in [-0.39, 0.29) is 5.75 Å². The number of hydrogen-bond donors (Lipinski definition) is 1. The van der Waals surface area contributed by atoms with Gasteiger partial charge in [0.15, 0.2) is 0 Å². The molecule has 1 aromatic carbocycles. The summed E-state index contributed by atoms with van der Waals surface area (Å²) in [4.78, 5) is 0. The van der Waals surface area contributed by atoms with Crippen molar-refractivity contribution in [2.75, 3.05) is 5.32 Å². The minimum Gasteiger partial charge on any atom is -0.433 e. The molecule has 0 heterocycles. The lowest BCUT2D eigenvalue weighted by Crippen LogP contribution is -2.37. The maximum Gasteiger partial charge on any atom is 0.387 e. The highest BCUT2D eigenvalue weighted by molar-refractivity contribution is 5.56. The van der Waals surface area contributed by atoms with E-state index < -0.39 is 6.61 Å². The Labute approximate surface area is 125 Å². The Morgan fingerprint density at radius 3 is 2.57 bits per heavy atom. The molecule has 0 bridgehead atoms. The number of rotatable bonds is 5. The highest BCUT2D eigenvalue weighted by Crippen LogP contribution is 2.37. The van der Waals surface area contributed by atoms with Crippen LogP contribution >= 0.6 is 0 Å². The molecule has 0 radical (unpaired) electrons. The van der Waals surface area contributed by atoms with Crippen LogP contribution in [0, 0.1) is 17.8 Å². The molecular weight excluding hydrogens is 272 g/mol. The van der Waals surface area contributed by atoms with E-state index in [9.17, 15) is 8.78 Å². The van der Waals surface area contributed by atoms with Crippen LogP contribution in [0.5, 0.6) is 5.75 Å². The van der Waals surface area contributed by atoms with E-state index >= 15 is 0 Å². The first-order valence-electron chi connectivity index (χ1n) is 7.77. The molecule has 1 aromatic rings. The SMILES string of the molecule is CC1CCC(C(C)C)C(Nc2ccccc2OC(F)F)C1. The molecule has 2 rings (SSSR count). The van der Waals surface area contributed by atoms with Crippen molar-refractivity contribution >= 4 is 5.69 Å². The first-order valence-corrected chi connectivity index (χ1v) is 7.77. The van der Waals surface area contributed by atoms with E-state index in [0.717, 1.165) is 6.42 Å². The highest BCUT2D eigenvalue weighted by atomic mass is 19.3. The van der Waals surface area contributed by atoms with Gasteiger partial charge in [-0.1, -0.05) is 39.3 Å². The summed E-state index contributed by atoms with van der Waals surface area (Å²) < 4.78 is 29.6. The van der Waals surface area contributed by atoms with E-state index in [2.05, 4.69) is 30.8 Å². The van der Waals surface area contributed by atoms with Crippen LogP contribution < -0.4 is 10.1 Å². The van der Waals surface area contributed by atoms with Crippen molar-refractivity contribution in [3.05, 3.63) is 24.3 Å². The van der Waals surface area contributed by atoms with Gasteiger partial charge in [0, 0.05) is 6.04 Å². The van der Waals surface area contributed by atoms with Gasteiger partial charge in [0.1, 0.15) is 5.75 Å². The zero-order valence-corrected chi connectivity index (χ0v) is 13.0. The maximum atomic E-state index is 12.5. The smallest absolute Gasteiger partial charge is 0.387 e. The van der Waals surface area contributed by atoms with E-state index in [1.54, 1.807) is 12.1 Å². The second kappa shape index (κ2) is 7.10. The molecule has 1 N–H and O–H groups in total. The van der Waals surface area contributed by atoms with Gasteiger partial charge in [0.2, 0.25) is 0 Å². The summed E-state index contributed by atoms with van der Waals surface area (Å²) in [5, 5.41) is 3.46. The number of ether oxygens (including phenoxy) is 1. The molecule has 1 fully saturated rings. The number of halogens is 2. The fraction of sp³-hybridized carbons (Fsp3) is 0.647. The summed E-state index contributed by atoms with van der Waals surface area (Å²) in [6, 6.07) is 7.28. The van der Waals surface area contributed by atoms with Crippen LogP contribution in [0.25, 0.3) is 0 Å². The predicted octanol–water partition coefficient (Wildman–Crippen LogP) is 5.16. The number of para-hydroxylation sites is 2. The van der Waals surface area contributed by atoms with E-state index in [4.69, 9.17) is 0 Å². The van der Waals surface area contributed by atoms with Gasteiger partial charge in [0.25, 0.3) is 0 Å². The van der Waals surface area contributed by atoms with Crippen LogP contribution in [0.1, 0.15) is 40.0 Å². The normalized spacial score (nSPS) is 26.1. The fourth-order valence-corrected chi connectivity index (χ4v) is 3.35. The summed E-state index contributed by atoms with van der Waals surface area (Å²) in [6.07, 6.45) is 3.51. The fourth-order valence-electron chi connectivity index (χ4n) is 3.35. The zero-order chi connectivity index (χ0) is 15.4. The predicted molar refractivity (Wildman–Crippen MR) is 81.8 cm³/mol. The van der Waals surface area contributed by atoms with Crippen molar-refractivity contribution in [3.8, 4) is 5.75 Å². The Morgan fingerprint density at radius 2 is 1.90 bits per heavy atom. The number of alkyl halides is 2. The van der Waals surface area contributed by atoms with Gasteiger partial charge in [-0.25, -0.2) is 0 Å². The zero-order valence-electron chi connectivity index (χ0n) is 13.0.